The monoisotopic (exact) mass is 409 g/mol. The zero-order chi connectivity index (χ0) is 21.4. The van der Waals surface area contributed by atoms with E-state index in [-0.39, 0.29) is 5.56 Å². The Kier molecular flexibility index (Phi) is 4.79. The second-order valence-electron chi connectivity index (χ2n) is 7.82. The van der Waals surface area contributed by atoms with Gasteiger partial charge in [0.15, 0.2) is 0 Å². The van der Waals surface area contributed by atoms with Gasteiger partial charge in [-0.15, -0.1) is 0 Å². The molecule has 5 heteroatoms. The number of rotatable bonds is 5. The zero-order valence-electron chi connectivity index (χ0n) is 17.6. The highest BCUT2D eigenvalue weighted by Crippen LogP contribution is 2.27. The van der Waals surface area contributed by atoms with Gasteiger partial charge in [-0.05, 0) is 42.3 Å². The summed E-state index contributed by atoms with van der Waals surface area (Å²) in [5.74, 6) is 0.794. The smallest absolute Gasteiger partial charge is 0.278 e. The van der Waals surface area contributed by atoms with Crippen LogP contribution in [0.3, 0.4) is 0 Å². The van der Waals surface area contributed by atoms with E-state index in [4.69, 9.17) is 9.72 Å². The molecule has 0 saturated heterocycles. The largest absolute Gasteiger partial charge is 0.497 e. The molecule has 154 valence electrons. The highest BCUT2D eigenvalue weighted by molar-refractivity contribution is 6.05. The number of aryl methyl sites for hydroxylation is 1. The number of hydrogen-bond acceptors (Lipinski definition) is 3. The highest BCUT2D eigenvalue weighted by Gasteiger charge is 2.17. The lowest BCUT2D eigenvalue weighted by atomic mass is 10.1. The summed E-state index contributed by atoms with van der Waals surface area (Å²) in [7, 11) is 1.64. The topological polar surface area (TPSA) is 49.0 Å². The maximum absolute atomic E-state index is 13.6. The van der Waals surface area contributed by atoms with Gasteiger partial charge in [0.2, 0.25) is 0 Å². The first-order chi connectivity index (χ1) is 15.1. The van der Waals surface area contributed by atoms with Crippen LogP contribution in [0, 0.1) is 6.92 Å². The maximum atomic E-state index is 13.6. The fourth-order valence-corrected chi connectivity index (χ4v) is 4.08. The molecule has 5 aromatic rings. The summed E-state index contributed by atoms with van der Waals surface area (Å²) >= 11 is 0. The van der Waals surface area contributed by atoms with Crippen LogP contribution in [0.1, 0.15) is 16.7 Å². The van der Waals surface area contributed by atoms with Crippen molar-refractivity contribution in [1.29, 1.82) is 0 Å². The lowest BCUT2D eigenvalue weighted by Gasteiger charge is -2.10. The molecule has 0 N–H and O–H groups in total. The molecule has 2 heterocycles. The van der Waals surface area contributed by atoms with Crippen LogP contribution in [-0.4, -0.2) is 21.2 Å². The number of hydrogen-bond donors (Lipinski definition) is 0. The molecule has 3 aromatic carbocycles. The number of methoxy groups -OCH3 is 1. The summed E-state index contributed by atoms with van der Waals surface area (Å²) in [5.41, 5.74) is 5.70. The fourth-order valence-electron chi connectivity index (χ4n) is 4.08. The van der Waals surface area contributed by atoms with Gasteiger partial charge in [0.1, 0.15) is 16.8 Å². The molecule has 0 spiro atoms. The Hall–Kier alpha value is -3.86. The summed E-state index contributed by atoms with van der Waals surface area (Å²) < 4.78 is 9.01. The summed E-state index contributed by atoms with van der Waals surface area (Å²) in [6.45, 7) is 3.13. The molecule has 0 atom stereocenters. The molecule has 0 unspecified atom stereocenters. The van der Waals surface area contributed by atoms with Gasteiger partial charge >= 0.3 is 0 Å². The fraction of sp³-hybridized carbons (Fsp3) is 0.154. The predicted molar refractivity (Wildman–Crippen MR) is 124 cm³/mol. The molecule has 0 aliphatic carbocycles. The van der Waals surface area contributed by atoms with Crippen molar-refractivity contribution in [3.63, 3.8) is 0 Å². The van der Waals surface area contributed by atoms with Crippen LogP contribution in [0.2, 0.25) is 0 Å². The van der Waals surface area contributed by atoms with Gasteiger partial charge in [0.05, 0.1) is 25.5 Å². The molecule has 0 bridgehead atoms. The average Bonchev–Trinajstić information content (AvgIpc) is 3.10. The van der Waals surface area contributed by atoms with E-state index in [9.17, 15) is 4.79 Å². The summed E-state index contributed by atoms with van der Waals surface area (Å²) in [6.07, 6.45) is 1.66. The van der Waals surface area contributed by atoms with Crippen LogP contribution in [0.4, 0.5) is 0 Å². The predicted octanol–water partition coefficient (Wildman–Crippen LogP) is 4.76. The Morgan fingerprint density at radius 1 is 0.903 bits per heavy atom. The first-order valence-corrected chi connectivity index (χ1v) is 10.3. The van der Waals surface area contributed by atoms with E-state index in [0.29, 0.717) is 18.6 Å². The van der Waals surface area contributed by atoms with E-state index < -0.39 is 0 Å². The van der Waals surface area contributed by atoms with Crippen LogP contribution in [0.5, 0.6) is 5.75 Å². The SMILES string of the molecule is COc1ccc(Cn2cnc3c4cc(C)ccc4n(Cc4ccccc4)c3c2=O)cc1. The Morgan fingerprint density at radius 2 is 1.65 bits per heavy atom. The van der Waals surface area contributed by atoms with Gasteiger partial charge in [-0.2, -0.15) is 0 Å². The van der Waals surface area contributed by atoms with Crippen LogP contribution in [0.25, 0.3) is 21.9 Å². The van der Waals surface area contributed by atoms with E-state index in [0.717, 1.165) is 38.9 Å². The lowest BCUT2D eigenvalue weighted by molar-refractivity contribution is 0.414. The van der Waals surface area contributed by atoms with E-state index in [1.54, 1.807) is 18.0 Å². The van der Waals surface area contributed by atoms with Gasteiger partial charge in [-0.1, -0.05) is 54.1 Å². The molecule has 0 radical (unpaired) electrons. The van der Waals surface area contributed by atoms with Crippen molar-refractivity contribution >= 4 is 21.9 Å². The lowest BCUT2D eigenvalue weighted by Crippen LogP contribution is -2.23. The molecule has 5 nitrogen and oxygen atoms in total. The number of benzene rings is 3. The van der Waals surface area contributed by atoms with E-state index >= 15 is 0 Å². The van der Waals surface area contributed by atoms with Crippen LogP contribution in [-0.2, 0) is 13.1 Å². The molecule has 0 amide bonds. The minimum atomic E-state index is -0.0365. The normalized spacial score (nSPS) is 11.3. The molecule has 0 aliphatic heterocycles. The average molecular weight is 409 g/mol. The molecule has 31 heavy (non-hydrogen) atoms. The van der Waals surface area contributed by atoms with Crippen LogP contribution < -0.4 is 10.3 Å². The third-order valence-electron chi connectivity index (χ3n) is 5.68. The van der Waals surface area contributed by atoms with Gasteiger partial charge < -0.3 is 9.30 Å². The summed E-state index contributed by atoms with van der Waals surface area (Å²) in [5, 5.41) is 1.01. The molecule has 5 rings (SSSR count). The third-order valence-corrected chi connectivity index (χ3v) is 5.68. The van der Waals surface area contributed by atoms with Crippen molar-refractivity contribution < 1.29 is 4.74 Å². The summed E-state index contributed by atoms with van der Waals surface area (Å²) in [6, 6.07) is 24.2. The second-order valence-corrected chi connectivity index (χ2v) is 7.82. The molecular weight excluding hydrogens is 386 g/mol. The quantitative estimate of drug-likeness (QED) is 0.420. The minimum Gasteiger partial charge on any atom is -0.497 e. The van der Waals surface area contributed by atoms with Gasteiger partial charge in [0, 0.05) is 11.9 Å². The van der Waals surface area contributed by atoms with Crippen molar-refractivity contribution in [2.75, 3.05) is 7.11 Å². The van der Waals surface area contributed by atoms with Crippen molar-refractivity contribution in [2.45, 2.75) is 20.0 Å². The number of fused-ring (bicyclic) bond motifs is 3. The minimum absolute atomic E-state index is 0.0365. The molecule has 0 saturated carbocycles. The van der Waals surface area contributed by atoms with Gasteiger partial charge in [0.25, 0.3) is 5.56 Å². The van der Waals surface area contributed by atoms with Crippen molar-refractivity contribution in [3.05, 3.63) is 106 Å². The highest BCUT2D eigenvalue weighted by atomic mass is 16.5. The second kappa shape index (κ2) is 7.76. The van der Waals surface area contributed by atoms with E-state index in [2.05, 4.69) is 41.8 Å². The molecule has 0 aliphatic rings. The Labute approximate surface area is 180 Å². The van der Waals surface area contributed by atoms with Gasteiger partial charge in [-0.3, -0.25) is 9.36 Å². The van der Waals surface area contributed by atoms with Crippen molar-refractivity contribution in [2.24, 2.45) is 0 Å². The third kappa shape index (κ3) is 3.48. The van der Waals surface area contributed by atoms with Crippen LogP contribution in [0.15, 0.2) is 83.9 Å². The van der Waals surface area contributed by atoms with Gasteiger partial charge in [-0.25, -0.2) is 4.98 Å². The standard InChI is InChI=1S/C26H23N3O2/c1-18-8-13-23-22(14-18)24-25(29(23)16-19-6-4-3-5-7-19)26(30)28(17-27-24)15-20-9-11-21(31-2)12-10-20/h3-14,17H,15-16H2,1-2H3. The Morgan fingerprint density at radius 3 is 2.39 bits per heavy atom. The number of aromatic nitrogens is 3. The number of nitrogens with zero attached hydrogens (tertiary/aromatic N) is 3. The zero-order valence-corrected chi connectivity index (χ0v) is 17.6. The first kappa shape index (κ1) is 19.1. The number of ether oxygens (including phenoxy) is 1. The first-order valence-electron chi connectivity index (χ1n) is 10.3. The molecule has 0 fully saturated rings. The van der Waals surface area contributed by atoms with Crippen molar-refractivity contribution in [1.82, 2.24) is 14.1 Å². The van der Waals surface area contributed by atoms with Crippen LogP contribution >= 0.6 is 0 Å². The van der Waals surface area contributed by atoms with E-state index in [1.165, 1.54) is 0 Å². The Bertz CT molecular complexity index is 1430. The van der Waals surface area contributed by atoms with E-state index in [1.807, 2.05) is 42.5 Å². The molecule has 2 aromatic heterocycles. The summed E-state index contributed by atoms with van der Waals surface area (Å²) in [4.78, 5) is 18.3. The maximum Gasteiger partial charge on any atom is 0.278 e. The Balaban J connectivity index is 1.68. The van der Waals surface area contributed by atoms with Crippen molar-refractivity contribution in [3.8, 4) is 5.75 Å². The molecular formula is C26H23N3O2.